The van der Waals surface area contributed by atoms with E-state index in [1.807, 2.05) is 0 Å². The van der Waals surface area contributed by atoms with Gasteiger partial charge in [0.2, 0.25) is 0 Å². The molecule has 8 heteroatoms. The van der Waals surface area contributed by atoms with Gasteiger partial charge in [-0.25, -0.2) is 4.79 Å². The molecule has 32 heavy (non-hydrogen) atoms. The molecule has 2 aromatic heterocycles. The number of imidazole rings is 1. The van der Waals surface area contributed by atoms with E-state index >= 15 is 0 Å². The Morgan fingerprint density at radius 3 is 2.59 bits per heavy atom. The van der Waals surface area contributed by atoms with Crippen LogP contribution in [0.25, 0.3) is 11.2 Å². The highest BCUT2D eigenvalue weighted by atomic mass is 16.5. The predicted octanol–water partition coefficient (Wildman–Crippen LogP) is 3.95. The highest BCUT2D eigenvalue weighted by Crippen LogP contribution is 2.28. The van der Waals surface area contributed by atoms with E-state index in [2.05, 4.69) is 26.8 Å². The van der Waals surface area contributed by atoms with Crippen LogP contribution in [0.3, 0.4) is 0 Å². The van der Waals surface area contributed by atoms with Crippen LogP contribution in [0.1, 0.15) is 77.6 Å². The fraction of sp³-hybridized carbons (Fsp3) is 0.792. The van der Waals surface area contributed by atoms with Gasteiger partial charge in [0.15, 0.2) is 11.5 Å². The monoisotopic (exact) mass is 444 g/mol. The van der Waals surface area contributed by atoms with Gasteiger partial charge < -0.3 is 20.4 Å². The van der Waals surface area contributed by atoms with Crippen LogP contribution in [-0.2, 0) is 6.54 Å². The van der Waals surface area contributed by atoms with Gasteiger partial charge in [-0.15, -0.1) is 0 Å². The van der Waals surface area contributed by atoms with E-state index in [4.69, 9.17) is 10.5 Å². The molecule has 3 N–H and O–H groups in total. The summed E-state index contributed by atoms with van der Waals surface area (Å²) in [5.74, 6) is 2.05. The van der Waals surface area contributed by atoms with Crippen molar-refractivity contribution in [1.82, 2.24) is 24.4 Å². The van der Waals surface area contributed by atoms with Crippen LogP contribution in [0, 0.1) is 11.8 Å². The van der Waals surface area contributed by atoms with Crippen LogP contribution in [0.4, 0.5) is 5.82 Å². The first kappa shape index (κ1) is 23.1. The number of anilines is 1. The van der Waals surface area contributed by atoms with Crippen LogP contribution in [0.5, 0.6) is 6.01 Å². The lowest BCUT2D eigenvalue weighted by Crippen LogP contribution is -2.36. The molecule has 0 radical (unpaired) electrons. The Labute approximate surface area is 190 Å². The van der Waals surface area contributed by atoms with Crippen molar-refractivity contribution in [3.63, 3.8) is 0 Å². The van der Waals surface area contributed by atoms with Crippen molar-refractivity contribution >= 4 is 17.0 Å². The number of nitrogens with one attached hydrogen (secondary N) is 1. The molecule has 4 rings (SSSR count). The van der Waals surface area contributed by atoms with Gasteiger partial charge >= 0.3 is 11.7 Å². The molecule has 0 spiro atoms. The maximum atomic E-state index is 12.5. The Morgan fingerprint density at radius 1 is 1.06 bits per heavy atom. The highest BCUT2D eigenvalue weighted by Gasteiger charge is 2.23. The van der Waals surface area contributed by atoms with E-state index in [-0.39, 0.29) is 17.5 Å². The standard InChI is InChI=1S/C24H40N6O2/c1-2-3-16-32-23-27-21(25)20-22(28-23)30(24(31)26-20)13-7-6-8-18-11-14-29(15-12-18)17-19-9-4-5-10-19/h18-19H,2-17H2,1H3,(H,26,31)(H2,25,27,28). The molecule has 0 aromatic carbocycles. The van der Waals surface area contributed by atoms with E-state index in [9.17, 15) is 4.79 Å². The van der Waals surface area contributed by atoms with E-state index in [1.54, 1.807) is 4.57 Å². The minimum Gasteiger partial charge on any atom is -0.463 e. The largest absolute Gasteiger partial charge is 0.463 e. The van der Waals surface area contributed by atoms with Crippen molar-refractivity contribution in [2.75, 3.05) is 32.0 Å². The van der Waals surface area contributed by atoms with Gasteiger partial charge in [-0.3, -0.25) is 4.57 Å². The third kappa shape index (κ3) is 5.82. The number of fused-ring (bicyclic) bond motifs is 1. The first-order valence-corrected chi connectivity index (χ1v) is 12.7. The van der Waals surface area contributed by atoms with Crippen LogP contribution < -0.4 is 16.2 Å². The number of aromatic amines is 1. The van der Waals surface area contributed by atoms with Gasteiger partial charge in [0.25, 0.3) is 0 Å². The van der Waals surface area contributed by atoms with Crippen molar-refractivity contribution in [3.8, 4) is 6.01 Å². The van der Waals surface area contributed by atoms with Gasteiger partial charge in [-0.1, -0.05) is 39.0 Å². The molecule has 8 nitrogen and oxygen atoms in total. The maximum Gasteiger partial charge on any atom is 0.327 e. The first-order valence-electron chi connectivity index (χ1n) is 12.7. The second-order valence-electron chi connectivity index (χ2n) is 9.76. The van der Waals surface area contributed by atoms with Gasteiger partial charge in [0.1, 0.15) is 5.52 Å². The molecule has 0 atom stereocenters. The van der Waals surface area contributed by atoms with Crippen molar-refractivity contribution in [2.45, 2.75) is 84.1 Å². The van der Waals surface area contributed by atoms with E-state index in [0.29, 0.717) is 24.3 Å². The Bertz CT molecular complexity index is 909. The van der Waals surface area contributed by atoms with Crippen LogP contribution >= 0.6 is 0 Å². The molecule has 1 aliphatic carbocycles. The molecule has 2 aromatic rings. The number of unbranched alkanes of at least 4 members (excludes halogenated alkanes) is 2. The number of ether oxygens (including phenoxy) is 1. The third-order valence-electron chi connectivity index (χ3n) is 7.30. The second-order valence-corrected chi connectivity index (χ2v) is 9.76. The summed E-state index contributed by atoms with van der Waals surface area (Å²) in [7, 11) is 0. The quantitative estimate of drug-likeness (QED) is 0.509. The molecule has 3 heterocycles. The van der Waals surface area contributed by atoms with Gasteiger partial charge in [0, 0.05) is 13.1 Å². The van der Waals surface area contributed by atoms with E-state index < -0.39 is 0 Å². The van der Waals surface area contributed by atoms with Gasteiger partial charge in [-0.05, 0) is 63.5 Å². The normalized spacial score (nSPS) is 18.7. The fourth-order valence-electron chi connectivity index (χ4n) is 5.33. The average molecular weight is 445 g/mol. The second kappa shape index (κ2) is 11.2. The number of piperidine rings is 1. The van der Waals surface area contributed by atoms with Gasteiger partial charge in [0.05, 0.1) is 6.61 Å². The zero-order valence-corrected chi connectivity index (χ0v) is 19.7. The molecular weight excluding hydrogens is 404 g/mol. The molecule has 1 aliphatic heterocycles. The Balaban J connectivity index is 1.24. The Morgan fingerprint density at radius 2 is 1.84 bits per heavy atom. The molecule has 1 saturated carbocycles. The first-order chi connectivity index (χ1) is 15.6. The summed E-state index contributed by atoms with van der Waals surface area (Å²) in [4.78, 5) is 26.6. The number of nitrogen functional groups attached to an aromatic ring is 1. The summed E-state index contributed by atoms with van der Waals surface area (Å²) in [6.07, 6.45) is 13.7. The summed E-state index contributed by atoms with van der Waals surface area (Å²) in [5, 5.41) is 0. The lowest BCUT2D eigenvalue weighted by Gasteiger charge is -2.33. The number of likely N-dealkylation sites (tertiary alicyclic amines) is 1. The zero-order chi connectivity index (χ0) is 22.3. The Kier molecular flexibility index (Phi) is 8.05. The molecule has 0 bridgehead atoms. The van der Waals surface area contributed by atoms with Crippen LogP contribution in [0.2, 0.25) is 0 Å². The van der Waals surface area contributed by atoms with Gasteiger partial charge in [-0.2, -0.15) is 9.97 Å². The summed E-state index contributed by atoms with van der Waals surface area (Å²) >= 11 is 0. The highest BCUT2D eigenvalue weighted by molar-refractivity contribution is 5.81. The number of hydrogen-bond donors (Lipinski definition) is 2. The Hall–Kier alpha value is -2.09. The molecule has 1 saturated heterocycles. The number of nitrogens with zero attached hydrogens (tertiary/aromatic N) is 4. The predicted molar refractivity (Wildman–Crippen MR) is 128 cm³/mol. The third-order valence-corrected chi connectivity index (χ3v) is 7.30. The minimum atomic E-state index is -0.174. The number of aromatic nitrogens is 4. The lowest BCUT2D eigenvalue weighted by atomic mass is 9.91. The van der Waals surface area contributed by atoms with Crippen LogP contribution in [-0.4, -0.2) is 50.7 Å². The van der Waals surface area contributed by atoms with Crippen molar-refractivity contribution < 1.29 is 4.74 Å². The smallest absolute Gasteiger partial charge is 0.327 e. The number of H-pyrrole nitrogens is 1. The summed E-state index contributed by atoms with van der Waals surface area (Å²) in [6, 6.07) is 0.251. The zero-order valence-electron chi connectivity index (χ0n) is 19.7. The number of nitrogens with two attached hydrogens (primary N) is 1. The average Bonchev–Trinajstić information content (AvgIpc) is 3.41. The molecule has 0 unspecified atom stereocenters. The number of rotatable bonds is 11. The number of hydrogen-bond acceptors (Lipinski definition) is 6. The number of aryl methyl sites for hydroxylation is 1. The van der Waals surface area contributed by atoms with Crippen molar-refractivity contribution in [2.24, 2.45) is 11.8 Å². The minimum absolute atomic E-state index is 0.174. The summed E-state index contributed by atoms with van der Waals surface area (Å²) in [5.41, 5.74) is 6.92. The van der Waals surface area contributed by atoms with Crippen molar-refractivity contribution in [3.05, 3.63) is 10.5 Å². The molecule has 178 valence electrons. The molecule has 2 aliphatic rings. The lowest BCUT2D eigenvalue weighted by molar-refractivity contribution is 0.155. The maximum absolute atomic E-state index is 12.5. The summed E-state index contributed by atoms with van der Waals surface area (Å²) < 4.78 is 7.30. The van der Waals surface area contributed by atoms with Crippen molar-refractivity contribution in [1.29, 1.82) is 0 Å². The fourth-order valence-corrected chi connectivity index (χ4v) is 5.33. The summed E-state index contributed by atoms with van der Waals surface area (Å²) in [6.45, 7) is 7.15. The van der Waals surface area contributed by atoms with E-state index in [1.165, 1.54) is 64.6 Å². The SMILES string of the molecule is CCCCOc1nc(N)c2[nH]c(=O)n(CCCCC3CCN(CC4CCCC4)CC3)c2n1. The van der Waals surface area contributed by atoms with E-state index in [0.717, 1.165) is 37.5 Å². The molecular formula is C24H40N6O2. The molecule has 0 amide bonds. The molecule has 2 fully saturated rings. The van der Waals surface area contributed by atoms with Crippen LogP contribution in [0.15, 0.2) is 4.79 Å². The topological polar surface area (TPSA) is 102 Å².